The number of ether oxygens (including phenoxy) is 1. The molecular formula is C29H32F4O. The fraction of sp³-hybridized carbons (Fsp3) is 0.517. The Kier molecular flexibility index (Phi) is 7.86. The summed E-state index contributed by atoms with van der Waals surface area (Å²) in [7, 11) is 0. The monoisotopic (exact) mass is 472 g/mol. The summed E-state index contributed by atoms with van der Waals surface area (Å²) in [5.41, 5.74) is 3.97. The standard InChI is InChI=1S/C29H32F4O/c1-2-3-4-5-6-20-9-14-25-23(17-20)12-13-24-18-21(10-15-26(24)25)7-8-22-11-16-28(27(30)19-22)34-29(31,32)33/h10-11,15-16,18-20,23,25H,2-6,9,12-14,17H2,1H3/t20-,23-,25+/m1/s1. The smallest absolute Gasteiger partial charge is 0.403 e. The summed E-state index contributed by atoms with van der Waals surface area (Å²) in [6, 6.07) is 9.62. The third-order valence-electron chi connectivity index (χ3n) is 7.39. The van der Waals surface area contributed by atoms with Gasteiger partial charge in [-0.2, -0.15) is 0 Å². The molecule has 1 fully saturated rings. The number of hydrogen-bond acceptors (Lipinski definition) is 1. The first kappa shape index (κ1) is 24.6. The van der Waals surface area contributed by atoms with E-state index in [0.29, 0.717) is 11.5 Å². The van der Waals surface area contributed by atoms with E-state index in [1.807, 2.05) is 6.07 Å². The van der Waals surface area contributed by atoms with Gasteiger partial charge in [0.05, 0.1) is 0 Å². The molecule has 0 bridgehead atoms. The van der Waals surface area contributed by atoms with E-state index in [0.717, 1.165) is 36.0 Å². The summed E-state index contributed by atoms with van der Waals surface area (Å²) in [6.07, 6.45) is 8.08. The second-order valence-corrected chi connectivity index (χ2v) is 9.79. The van der Waals surface area contributed by atoms with Gasteiger partial charge in [0.15, 0.2) is 11.6 Å². The van der Waals surface area contributed by atoms with Crippen molar-refractivity contribution < 1.29 is 22.3 Å². The summed E-state index contributed by atoms with van der Waals surface area (Å²) < 4.78 is 54.5. The molecule has 0 radical (unpaired) electrons. The Bertz CT molecular complexity index is 1050. The third kappa shape index (κ3) is 6.34. The summed E-state index contributed by atoms with van der Waals surface area (Å²) >= 11 is 0. The van der Waals surface area contributed by atoms with Gasteiger partial charge >= 0.3 is 6.36 Å². The summed E-state index contributed by atoms with van der Waals surface area (Å²) in [5, 5.41) is 0. The van der Waals surface area contributed by atoms with Crippen LogP contribution in [0.4, 0.5) is 17.6 Å². The van der Waals surface area contributed by atoms with Crippen LogP contribution in [-0.4, -0.2) is 6.36 Å². The molecule has 0 unspecified atom stereocenters. The molecule has 0 amide bonds. The number of unbranched alkanes of at least 4 members (excludes halogenated alkanes) is 3. The quantitative estimate of drug-likeness (QED) is 0.232. The van der Waals surface area contributed by atoms with Crippen molar-refractivity contribution in [1.29, 1.82) is 0 Å². The highest BCUT2D eigenvalue weighted by molar-refractivity contribution is 5.48. The molecule has 2 aliphatic carbocycles. The second-order valence-electron chi connectivity index (χ2n) is 9.79. The number of rotatable bonds is 6. The highest BCUT2D eigenvalue weighted by Gasteiger charge is 2.35. The summed E-state index contributed by atoms with van der Waals surface area (Å²) in [6.45, 7) is 2.26. The number of halogens is 4. The average molecular weight is 473 g/mol. The molecule has 1 nitrogen and oxygen atoms in total. The van der Waals surface area contributed by atoms with Crippen LogP contribution in [0.15, 0.2) is 36.4 Å². The minimum atomic E-state index is -4.93. The van der Waals surface area contributed by atoms with Gasteiger partial charge in [0, 0.05) is 11.1 Å². The van der Waals surface area contributed by atoms with Crippen LogP contribution < -0.4 is 4.74 Å². The topological polar surface area (TPSA) is 9.23 Å². The van der Waals surface area contributed by atoms with Gasteiger partial charge in [-0.15, -0.1) is 13.2 Å². The van der Waals surface area contributed by atoms with Gasteiger partial charge in [-0.05, 0) is 91.3 Å². The van der Waals surface area contributed by atoms with Gasteiger partial charge in [-0.1, -0.05) is 56.9 Å². The Hall–Kier alpha value is -2.48. The normalized spacial score (nSPS) is 21.7. The summed E-state index contributed by atoms with van der Waals surface area (Å²) in [5.74, 6) is 6.29. The van der Waals surface area contributed by atoms with Crippen LogP contribution in [-0.2, 0) is 6.42 Å². The van der Waals surface area contributed by atoms with Crippen molar-refractivity contribution in [3.8, 4) is 17.6 Å². The molecule has 0 saturated heterocycles. The van der Waals surface area contributed by atoms with Gasteiger partial charge in [0.2, 0.25) is 0 Å². The number of benzene rings is 2. The molecule has 4 rings (SSSR count). The number of hydrogen-bond donors (Lipinski definition) is 0. The molecule has 2 aromatic carbocycles. The maximum absolute atomic E-state index is 13.9. The van der Waals surface area contributed by atoms with Crippen molar-refractivity contribution in [2.75, 3.05) is 0 Å². The minimum absolute atomic E-state index is 0.307. The van der Waals surface area contributed by atoms with E-state index in [4.69, 9.17) is 0 Å². The van der Waals surface area contributed by atoms with Crippen LogP contribution in [0.3, 0.4) is 0 Å². The van der Waals surface area contributed by atoms with E-state index in [9.17, 15) is 17.6 Å². The molecule has 0 spiro atoms. The second kappa shape index (κ2) is 10.8. The minimum Gasteiger partial charge on any atom is -0.403 e. The lowest BCUT2D eigenvalue weighted by molar-refractivity contribution is -0.275. The fourth-order valence-electron chi connectivity index (χ4n) is 5.74. The molecule has 34 heavy (non-hydrogen) atoms. The zero-order valence-corrected chi connectivity index (χ0v) is 19.7. The number of fused-ring (bicyclic) bond motifs is 3. The van der Waals surface area contributed by atoms with Crippen molar-refractivity contribution in [2.45, 2.75) is 83.4 Å². The Morgan fingerprint density at radius 1 is 0.941 bits per heavy atom. The molecule has 0 N–H and O–H groups in total. The van der Waals surface area contributed by atoms with E-state index >= 15 is 0 Å². The van der Waals surface area contributed by atoms with E-state index in [-0.39, 0.29) is 0 Å². The lowest BCUT2D eigenvalue weighted by Gasteiger charge is -2.40. The highest BCUT2D eigenvalue weighted by atomic mass is 19.4. The number of aryl methyl sites for hydroxylation is 1. The van der Waals surface area contributed by atoms with E-state index in [2.05, 4.69) is 35.6 Å². The maximum Gasteiger partial charge on any atom is 0.573 e. The molecule has 0 heterocycles. The Morgan fingerprint density at radius 2 is 1.71 bits per heavy atom. The third-order valence-corrected chi connectivity index (χ3v) is 7.39. The molecule has 182 valence electrons. The Balaban J connectivity index is 1.40. The maximum atomic E-state index is 13.9. The highest BCUT2D eigenvalue weighted by Crippen LogP contribution is 2.48. The van der Waals surface area contributed by atoms with Crippen molar-refractivity contribution in [3.05, 3.63) is 64.5 Å². The molecule has 5 heteroatoms. The van der Waals surface area contributed by atoms with Crippen LogP contribution >= 0.6 is 0 Å². The molecule has 2 aromatic rings. The summed E-state index contributed by atoms with van der Waals surface area (Å²) in [4.78, 5) is 0. The molecule has 3 atom stereocenters. The van der Waals surface area contributed by atoms with Gasteiger partial charge < -0.3 is 4.74 Å². The Labute approximate surface area is 199 Å². The number of alkyl halides is 3. The first-order chi connectivity index (χ1) is 16.3. The van der Waals surface area contributed by atoms with E-state index < -0.39 is 17.9 Å². The molecule has 0 aromatic heterocycles. The lowest BCUT2D eigenvalue weighted by Crippen LogP contribution is -2.28. The van der Waals surface area contributed by atoms with Crippen molar-refractivity contribution >= 4 is 0 Å². The van der Waals surface area contributed by atoms with Gasteiger partial charge in [-0.25, -0.2) is 4.39 Å². The largest absolute Gasteiger partial charge is 0.573 e. The van der Waals surface area contributed by atoms with E-state index in [1.54, 1.807) is 0 Å². The van der Waals surface area contributed by atoms with Crippen LogP contribution in [0.25, 0.3) is 0 Å². The SMILES string of the molecule is CCCCCC[C@@H]1CC[C@@H]2c3ccc(C#Cc4ccc(OC(F)(F)F)c(F)c4)cc3CC[C@@H]2C1. The predicted octanol–water partition coefficient (Wildman–Crippen LogP) is 8.54. The molecule has 0 aliphatic heterocycles. The van der Waals surface area contributed by atoms with Gasteiger partial charge in [0.25, 0.3) is 0 Å². The molecule has 1 saturated carbocycles. The Morgan fingerprint density at radius 3 is 2.44 bits per heavy atom. The first-order valence-corrected chi connectivity index (χ1v) is 12.5. The molecular weight excluding hydrogens is 440 g/mol. The van der Waals surface area contributed by atoms with Crippen LogP contribution in [0.1, 0.15) is 92.9 Å². The van der Waals surface area contributed by atoms with Crippen molar-refractivity contribution in [2.24, 2.45) is 11.8 Å². The first-order valence-electron chi connectivity index (χ1n) is 12.5. The van der Waals surface area contributed by atoms with E-state index in [1.165, 1.54) is 75.0 Å². The fourth-order valence-corrected chi connectivity index (χ4v) is 5.74. The van der Waals surface area contributed by atoms with Crippen molar-refractivity contribution in [1.82, 2.24) is 0 Å². The lowest BCUT2D eigenvalue weighted by atomic mass is 9.64. The molecule has 2 aliphatic rings. The zero-order chi connectivity index (χ0) is 24.1. The zero-order valence-electron chi connectivity index (χ0n) is 19.7. The van der Waals surface area contributed by atoms with Crippen molar-refractivity contribution in [3.63, 3.8) is 0 Å². The van der Waals surface area contributed by atoms with Crippen LogP contribution in [0.2, 0.25) is 0 Å². The van der Waals surface area contributed by atoms with Gasteiger partial charge in [-0.3, -0.25) is 0 Å². The average Bonchev–Trinajstić information content (AvgIpc) is 2.81. The predicted molar refractivity (Wildman–Crippen MR) is 126 cm³/mol. The van der Waals surface area contributed by atoms with Crippen LogP contribution in [0, 0.1) is 29.5 Å². The van der Waals surface area contributed by atoms with Gasteiger partial charge in [0.1, 0.15) is 0 Å². The van der Waals surface area contributed by atoms with Crippen LogP contribution in [0.5, 0.6) is 5.75 Å².